The summed E-state index contributed by atoms with van der Waals surface area (Å²) in [5.41, 5.74) is 0.497. The molecular formula is C14H14F2N4O2S2. The van der Waals surface area contributed by atoms with Crippen LogP contribution < -0.4 is 4.72 Å². The van der Waals surface area contributed by atoms with Crippen LogP contribution in [-0.4, -0.2) is 23.0 Å². The van der Waals surface area contributed by atoms with Crippen molar-refractivity contribution in [1.29, 1.82) is 0 Å². The number of nitrogens with zero attached hydrogens (tertiary/aromatic N) is 3. The molecule has 0 fully saturated rings. The second-order valence-electron chi connectivity index (χ2n) is 5.15. The van der Waals surface area contributed by atoms with E-state index >= 15 is 0 Å². The summed E-state index contributed by atoms with van der Waals surface area (Å²) < 4.78 is 55.2. The average Bonchev–Trinajstić information content (AvgIpc) is 3.00. The van der Waals surface area contributed by atoms with Crippen molar-refractivity contribution in [3.8, 4) is 0 Å². The van der Waals surface area contributed by atoms with Crippen LogP contribution >= 0.6 is 11.3 Å². The highest BCUT2D eigenvalue weighted by Gasteiger charge is 2.25. The van der Waals surface area contributed by atoms with Gasteiger partial charge >= 0.3 is 0 Å². The van der Waals surface area contributed by atoms with Gasteiger partial charge in [0, 0.05) is 12.6 Å². The molecule has 0 unspecified atom stereocenters. The fourth-order valence-corrected chi connectivity index (χ4v) is 4.50. The Labute approximate surface area is 141 Å². The van der Waals surface area contributed by atoms with Crippen LogP contribution in [0.5, 0.6) is 0 Å². The molecule has 2 heterocycles. The number of benzene rings is 1. The number of aromatic nitrogens is 3. The molecule has 24 heavy (non-hydrogen) atoms. The Morgan fingerprint density at radius 1 is 1.25 bits per heavy atom. The SMILES string of the molecule is CCc1nn2c(S(=O)(=O)NCc3cc(F)cc(F)c3)c(C)nc2s1. The highest BCUT2D eigenvalue weighted by atomic mass is 32.2. The maximum Gasteiger partial charge on any atom is 0.260 e. The van der Waals surface area contributed by atoms with Crippen molar-refractivity contribution >= 4 is 26.3 Å². The quantitative estimate of drug-likeness (QED) is 0.746. The highest BCUT2D eigenvalue weighted by molar-refractivity contribution is 7.89. The van der Waals surface area contributed by atoms with Crippen molar-refractivity contribution in [2.24, 2.45) is 0 Å². The van der Waals surface area contributed by atoms with E-state index in [-0.39, 0.29) is 17.1 Å². The average molecular weight is 372 g/mol. The number of fused-ring (bicyclic) bond motifs is 1. The molecule has 1 aromatic carbocycles. The lowest BCUT2D eigenvalue weighted by Gasteiger charge is -2.07. The Morgan fingerprint density at radius 2 is 1.92 bits per heavy atom. The van der Waals surface area contributed by atoms with E-state index in [4.69, 9.17) is 0 Å². The first-order chi connectivity index (χ1) is 11.3. The van der Waals surface area contributed by atoms with Gasteiger partial charge in [-0.05, 0) is 31.0 Å². The lowest BCUT2D eigenvalue weighted by atomic mass is 10.2. The number of aryl methyl sites for hydroxylation is 2. The van der Waals surface area contributed by atoms with Gasteiger partial charge in [0.25, 0.3) is 10.0 Å². The zero-order valence-electron chi connectivity index (χ0n) is 12.9. The van der Waals surface area contributed by atoms with E-state index in [9.17, 15) is 17.2 Å². The molecule has 0 amide bonds. The molecule has 1 N–H and O–H groups in total. The summed E-state index contributed by atoms with van der Waals surface area (Å²) >= 11 is 1.32. The molecule has 128 valence electrons. The van der Waals surface area contributed by atoms with Gasteiger partial charge in [0.15, 0.2) is 5.03 Å². The first-order valence-electron chi connectivity index (χ1n) is 7.10. The molecule has 0 saturated carbocycles. The predicted octanol–water partition coefficient (Wildman–Crippen LogP) is 2.42. The second kappa shape index (κ2) is 6.19. The molecule has 3 rings (SSSR count). The zero-order chi connectivity index (χ0) is 17.5. The molecule has 0 radical (unpaired) electrons. The van der Waals surface area contributed by atoms with Crippen molar-refractivity contribution in [3.05, 3.63) is 46.1 Å². The summed E-state index contributed by atoms with van der Waals surface area (Å²) in [6.45, 7) is 3.24. The van der Waals surface area contributed by atoms with Gasteiger partial charge < -0.3 is 0 Å². The van der Waals surface area contributed by atoms with Crippen LogP contribution in [0.2, 0.25) is 0 Å². The molecule has 3 aromatic rings. The molecule has 0 aliphatic rings. The molecule has 6 nitrogen and oxygen atoms in total. The van der Waals surface area contributed by atoms with E-state index in [2.05, 4.69) is 14.8 Å². The second-order valence-corrected chi connectivity index (χ2v) is 7.87. The monoisotopic (exact) mass is 372 g/mol. The first kappa shape index (κ1) is 16.9. The normalized spacial score (nSPS) is 12.2. The third-order valence-corrected chi connectivity index (χ3v) is 5.87. The maximum absolute atomic E-state index is 13.2. The number of hydrogen-bond donors (Lipinski definition) is 1. The predicted molar refractivity (Wildman–Crippen MR) is 85.4 cm³/mol. The van der Waals surface area contributed by atoms with Gasteiger partial charge in [0.1, 0.15) is 16.6 Å². The molecule has 0 aliphatic carbocycles. The summed E-state index contributed by atoms with van der Waals surface area (Å²) in [6, 6.07) is 2.87. The smallest absolute Gasteiger partial charge is 0.221 e. The van der Waals surface area contributed by atoms with Crippen LogP contribution in [0.15, 0.2) is 23.2 Å². The summed E-state index contributed by atoms with van der Waals surface area (Å²) in [7, 11) is -3.94. The van der Waals surface area contributed by atoms with Gasteiger partial charge in [0.05, 0.1) is 5.69 Å². The number of hydrogen-bond acceptors (Lipinski definition) is 5. The lowest BCUT2D eigenvalue weighted by molar-refractivity contribution is 0.566. The van der Waals surface area contributed by atoms with Crippen LogP contribution in [0.25, 0.3) is 4.96 Å². The van der Waals surface area contributed by atoms with Crippen LogP contribution in [-0.2, 0) is 23.0 Å². The Balaban J connectivity index is 1.93. The van der Waals surface area contributed by atoms with Crippen LogP contribution in [0.1, 0.15) is 23.2 Å². The van der Waals surface area contributed by atoms with E-state index < -0.39 is 21.7 Å². The van der Waals surface area contributed by atoms with E-state index in [0.717, 1.165) is 23.2 Å². The minimum Gasteiger partial charge on any atom is -0.221 e. The van der Waals surface area contributed by atoms with Crippen LogP contribution in [0.4, 0.5) is 8.78 Å². The lowest BCUT2D eigenvalue weighted by Crippen LogP contribution is -2.25. The molecule has 0 atom stereocenters. The van der Waals surface area contributed by atoms with E-state index in [1.807, 2.05) is 6.92 Å². The Bertz CT molecular complexity index is 991. The molecule has 0 saturated heterocycles. The minimum atomic E-state index is -3.94. The van der Waals surface area contributed by atoms with Gasteiger partial charge in [0.2, 0.25) is 4.96 Å². The molecule has 2 aromatic heterocycles. The Kier molecular flexibility index (Phi) is 4.37. The van der Waals surface area contributed by atoms with Gasteiger partial charge in [-0.15, -0.1) is 0 Å². The number of sulfonamides is 1. The van der Waals surface area contributed by atoms with Crippen LogP contribution in [0.3, 0.4) is 0 Å². The van der Waals surface area contributed by atoms with E-state index in [1.165, 1.54) is 15.9 Å². The van der Waals surface area contributed by atoms with Crippen molar-refractivity contribution in [2.45, 2.75) is 31.8 Å². The molecule has 0 spiro atoms. The summed E-state index contributed by atoms with van der Waals surface area (Å²) in [4.78, 5) is 4.70. The Hall–Kier alpha value is -1.91. The van der Waals surface area contributed by atoms with E-state index in [0.29, 0.717) is 17.1 Å². The maximum atomic E-state index is 13.2. The molecule has 10 heteroatoms. The fourth-order valence-electron chi connectivity index (χ4n) is 2.28. The van der Waals surface area contributed by atoms with Crippen LogP contribution in [0, 0.1) is 18.6 Å². The summed E-state index contributed by atoms with van der Waals surface area (Å²) in [6.07, 6.45) is 0.669. The summed E-state index contributed by atoms with van der Waals surface area (Å²) in [5, 5.41) is 4.94. The van der Waals surface area contributed by atoms with Gasteiger partial charge in [-0.25, -0.2) is 26.9 Å². The fraction of sp³-hybridized carbons (Fsp3) is 0.286. The number of rotatable bonds is 5. The van der Waals surface area contributed by atoms with Gasteiger partial charge in [-0.2, -0.15) is 9.61 Å². The summed E-state index contributed by atoms with van der Waals surface area (Å²) in [5.74, 6) is -1.53. The largest absolute Gasteiger partial charge is 0.260 e. The van der Waals surface area contributed by atoms with Crippen molar-refractivity contribution in [1.82, 2.24) is 19.3 Å². The molecule has 0 aliphatic heterocycles. The zero-order valence-corrected chi connectivity index (χ0v) is 14.5. The topological polar surface area (TPSA) is 76.4 Å². The third kappa shape index (κ3) is 3.17. The molecular weight excluding hydrogens is 358 g/mol. The van der Waals surface area contributed by atoms with Crippen molar-refractivity contribution in [2.75, 3.05) is 0 Å². The number of nitrogens with one attached hydrogen (secondary N) is 1. The first-order valence-corrected chi connectivity index (χ1v) is 9.40. The number of halogens is 2. The van der Waals surface area contributed by atoms with E-state index in [1.54, 1.807) is 6.92 Å². The third-order valence-electron chi connectivity index (χ3n) is 3.31. The molecule has 0 bridgehead atoms. The van der Waals surface area contributed by atoms with Crippen molar-refractivity contribution < 1.29 is 17.2 Å². The number of imidazole rings is 1. The van der Waals surface area contributed by atoms with Gasteiger partial charge in [-0.3, -0.25) is 0 Å². The Morgan fingerprint density at radius 3 is 2.54 bits per heavy atom. The van der Waals surface area contributed by atoms with Gasteiger partial charge in [-0.1, -0.05) is 18.3 Å². The minimum absolute atomic E-state index is 0.0645. The highest BCUT2D eigenvalue weighted by Crippen LogP contribution is 2.22. The standard InChI is InChI=1S/C14H14F2N4O2S2/c1-3-12-19-20-13(8(2)18-14(20)23-12)24(21,22)17-7-9-4-10(15)6-11(16)5-9/h4-6,17H,3,7H2,1-2H3. The van der Waals surface area contributed by atoms with Crippen molar-refractivity contribution in [3.63, 3.8) is 0 Å².